The van der Waals surface area contributed by atoms with Gasteiger partial charge in [-0.15, -0.1) is 0 Å². The van der Waals surface area contributed by atoms with E-state index >= 15 is 0 Å². The largest absolute Gasteiger partial charge is 0.468 e. The van der Waals surface area contributed by atoms with Crippen molar-refractivity contribution in [3.05, 3.63) is 35.6 Å². The van der Waals surface area contributed by atoms with Gasteiger partial charge in [0.2, 0.25) is 0 Å². The van der Waals surface area contributed by atoms with Crippen LogP contribution in [0.15, 0.2) is 24.3 Å². The predicted molar refractivity (Wildman–Crippen MR) is 83.4 cm³/mol. The van der Waals surface area contributed by atoms with Gasteiger partial charge in [-0.1, -0.05) is 12.1 Å². The summed E-state index contributed by atoms with van der Waals surface area (Å²) < 4.78 is 18.0. The Morgan fingerprint density at radius 3 is 2.35 bits per heavy atom. The van der Waals surface area contributed by atoms with Gasteiger partial charge in [-0.25, -0.2) is 14.0 Å². The van der Waals surface area contributed by atoms with Crippen LogP contribution in [0.4, 0.5) is 9.18 Å². The summed E-state index contributed by atoms with van der Waals surface area (Å²) in [5.74, 6) is -0.735. The fourth-order valence-electron chi connectivity index (χ4n) is 2.70. The molecule has 0 saturated carbocycles. The first-order valence-electron chi connectivity index (χ1n) is 7.67. The van der Waals surface area contributed by atoms with E-state index in [0.717, 1.165) is 0 Å². The number of benzene rings is 1. The molecule has 0 spiro atoms. The average Bonchev–Trinajstić information content (AvgIpc) is 2.57. The molecule has 0 aromatic heterocycles. The molecular formula is C16H22FN3O3. The van der Waals surface area contributed by atoms with Crippen LogP contribution in [-0.2, 0) is 9.53 Å². The fraction of sp³-hybridized carbons (Fsp3) is 0.500. The molecule has 7 heteroatoms. The van der Waals surface area contributed by atoms with Crippen LogP contribution in [0, 0.1) is 5.82 Å². The fourth-order valence-corrected chi connectivity index (χ4v) is 2.70. The molecule has 1 aromatic carbocycles. The maximum Gasteiger partial charge on any atom is 0.327 e. The Hall–Kier alpha value is -2.15. The average molecular weight is 323 g/mol. The molecule has 126 valence electrons. The molecule has 1 fully saturated rings. The standard InChI is InChI=1S/C16H22FN3O3/c1-3-18-16(22)20-10-8-19(9-11-20)14(15(21)23-2)12-4-6-13(17)7-5-12/h4-7,14H,3,8-11H2,1-2H3,(H,18,22). The topological polar surface area (TPSA) is 61.9 Å². The summed E-state index contributed by atoms with van der Waals surface area (Å²) in [6.07, 6.45) is 0. The second kappa shape index (κ2) is 7.92. The van der Waals surface area contributed by atoms with Crippen molar-refractivity contribution in [3.63, 3.8) is 0 Å². The zero-order valence-corrected chi connectivity index (χ0v) is 13.4. The van der Waals surface area contributed by atoms with Crippen molar-refractivity contribution in [2.24, 2.45) is 0 Å². The minimum atomic E-state index is -0.586. The Morgan fingerprint density at radius 2 is 1.83 bits per heavy atom. The maximum atomic E-state index is 13.1. The quantitative estimate of drug-likeness (QED) is 0.851. The third kappa shape index (κ3) is 4.19. The van der Waals surface area contributed by atoms with E-state index in [0.29, 0.717) is 38.3 Å². The lowest BCUT2D eigenvalue weighted by Crippen LogP contribution is -2.53. The van der Waals surface area contributed by atoms with Crippen molar-refractivity contribution in [1.29, 1.82) is 0 Å². The Balaban J connectivity index is 2.08. The highest BCUT2D eigenvalue weighted by Crippen LogP contribution is 2.24. The SMILES string of the molecule is CCNC(=O)N1CCN(C(C(=O)OC)c2ccc(F)cc2)CC1. The van der Waals surface area contributed by atoms with Crippen molar-refractivity contribution in [3.8, 4) is 0 Å². The van der Waals surface area contributed by atoms with Gasteiger partial charge in [-0.2, -0.15) is 0 Å². The summed E-state index contributed by atoms with van der Waals surface area (Å²) in [7, 11) is 1.34. The number of nitrogens with one attached hydrogen (secondary N) is 1. The molecule has 1 heterocycles. The number of hydrogen-bond donors (Lipinski definition) is 1. The second-order valence-corrected chi connectivity index (χ2v) is 5.34. The highest BCUT2D eigenvalue weighted by molar-refractivity contribution is 5.78. The van der Waals surface area contributed by atoms with Crippen LogP contribution >= 0.6 is 0 Å². The zero-order chi connectivity index (χ0) is 16.8. The summed E-state index contributed by atoms with van der Waals surface area (Å²) in [5, 5.41) is 2.77. The predicted octanol–water partition coefficient (Wildman–Crippen LogP) is 1.39. The maximum absolute atomic E-state index is 13.1. The first-order valence-corrected chi connectivity index (χ1v) is 7.67. The van der Waals surface area contributed by atoms with E-state index in [9.17, 15) is 14.0 Å². The van der Waals surface area contributed by atoms with Crippen molar-refractivity contribution in [2.75, 3.05) is 39.8 Å². The van der Waals surface area contributed by atoms with E-state index < -0.39 is 6.04 Å². The summed E-state index contributed by atoms with van der Waals surface area (Å²) in [4.78, 5) is 27.7. The number of hydrogen-bond acceptors (Lipinski definition) is 4. The lowest BCUT2D eigenvalue weighted by molar-refractivity contribution is -0.148. The number of ether oxygens (including phenoxy) is 1. The number of methoxy groups -OCH3 is 1. The van der Waals surface area contributed by atoms with Crippen LogP contribution in [0.1, 0.15) is 18.5 Å². The molecule has 2 rings (SSSR count). The van der Waals surface area contributed by atoms with E-state index in [2.05, 4.69) is 5.32 Å². The molecule has 2 amide bonds. The van der Waals surface area contributed by atoms with E-state index in [1.165, 1.54) is 19.2 Å². The van der Waals surface area contributed by atoms with Gasteiger partial charge in [0, 0.05) is 32.7 Å². The molecular weight excluding hydrogens is 301 g/mol. The van der Waals surface area contributed by atoms with Crippen LogP contribution in [0.5, 0.6) is 0 Å². The molecule has 1 unspecified atom stereocenters. The minimum Gasteiger partial charge on any atom is -0.468 e. The Labute approximate surface area is 135 Å². The van der Waals surface area contributed by atoms with Crippen LogP contribution < -0.4 is 5.32 Å². The third-order valence-corrected chi connectivity index (χ3v) is 3.90. The molecule has 1 aromatic rings. The van der Waals surface area contributed by atoms with Crippen LogP contribution in [0.25, 0.3) is 0 Å². The molecule has 1 aliphatic heterocycles. The van der Waals surface area contributed by atoms with Crippen molar-refractivity contribution < 1.29 is 18.7 Å². The van der Waals surface area contributed by atoms with Crippen molar-refractivity contribution in [1.82, 2.24) is 15.1 Å². The van der Waals surface area contributed by atoms with E-state index in [4.69, 9.17) is 4.74 Å². The van der Waals surface area contributed by atoms with Crippen molar-refractivity contribution in [2.45, 2.75) is 13.0 Å². The summed E-state index contributed by atoms with van der Waals surface area (Å²) in [6.45, 7) is 4.61. The first-order chi connectivity index (χ1) is 11.1. The van der Waals surface area contributed by atoms with Gasteiger partial charge < -0.3 is 15.0 Å². The number of piperazine rings is 1. The number of nitrogens with zero attached hydrogens (tertiary/aromatic N) is 2. The van der Waals surface area contributed by atoms with E-state index in [1.54, 1.807) is 17.0 Å². The van der Waals surface area contributed by atoms with Crippen molar-refractivity contribution >= 4 is 12.0 Å². The number of carbonyl (C=O) groups is 2. The molecule has 1 N–H and O–H groups in total. The Morgan fingerprint density at radius 1 is 1.22 bits per heavy atom. The van der Waals surface area contributed by atoms with Crippen LogP contribution in [-0.4, -0.2) is 61.6 Å². The molecule has 0 radical (unpaired) electrons. The summed E-state index contributed by atoms with van der Waals surface area (Å²) >= 11 is 0. The zero-order valence-electron chi connectivity index (χ0n) is 13.4. The normalized spacial score (nSPS) is 16.7. The van der Waals surface area contributed by atoms with Gasteiger partial charge in [-0.05, 0) is 24.6 Å². The summed E-state index contributed by atoms with van der Waals surface area (Å²) in [5.41, 5.74) is 0.685. The smallest absolute Gasteiger partial charge is 0.327 e. The van der Waals surface area contributed by atoms with Crippen LogP contribution in [0.2, 0.25) is 0 Å². The van der Waals surface area contributed by atoms with Gasteiger partial charge in [0.1, 0.15) is 11.9 Å². The van der Waals surface area contributed by atoms with Gasteiger partial charge in [-0.3, -0.25) is 4.90 Å². The first kappa shape index (κ1) is 17.2. The molecule has 23 heavy (non-hydrogen) atoms. The number of esters is 1. The lowest BCUT2D eigenvalue weighted by atomic mass is 10.0. The number of amides is 2. The Bertz CT molecular complexity index is 542. The van der Waals surface area contributed by atoms with Crippen LogP contribution in [0.3, 0.4) is 0 Å². The highest BCUT2D eigenvalue weighted by atomic mass is 19.1. The van der Waals surface area contributed by atoms with Gasteiger partial charge >= 0.3 is 12.0 Å². The number of rotatable bonds is 4. The number of carbonyl (C=O) groups excluding carboxylic acids is 2. The molecule has 6 nitrogen and oxygen atoms in total. The summed E-state index contributed by atoms with van der Waals surface area (Å²) in [6, 6.07) is 5.16. The van der Waals surface area contributed by atoms with E-state index in [-0.39, 0.29) is 17.8 Å². The monoisotopic (exact) mass is 323 g/mol. The molecule has 0 bridgehead atoms. The van der Waals surface area contributed by atoms with E-state index in [1.807, 2.05) is 11.8 Å². The van der Waals surface area contributed by atoms with Gasteiger partial charge in [0.25, 0.3) is 0 Å². The third-order valence-electron chi connectivity index (χ3n) is 3.90. The Kier molecular flexibility index (Phi) is 5.92. The minimum absolute atomic E-state index is 0.0939. The van der Waals surface area contributed by atoms with Gasteiger partial charge in [0.05, 0.1) is 7.11 Å². The highest BCUT2D eigenvalue weighted by Gasteiger charge is 2.32. The number of halogens is 1. The molecule has 0 aliphatic carbocycles. The number of urea groups is 1. The molecule has 1 atom stereocenters. The molecule has 1 aliphatic rings. The second-order valence-electron chi connectivity index (χ2n) is 5.34. The molecule has 1 saturated heterocycles. The lowest BCUT2D eigenvalue weighted by Gasteiger charge is -2.38. The van der Waals surface area contributed by atoms with Gasteiger partial charge in [0.15, 0.2) is 0 Å².